The molecule has 1 aliphatic heterocycles. The molecular formula is C12H14ClFN4O4. The second-order valence-electron chi connectivity index (χ2n) is 4.95. The molecule has 1 unspecified atom stereocenters. The van der Waals surface area contributed by atoms with Crippen molar-refractivity contribution in [1.29, 1.82) is 0 Å². The van der Waals surface area contributed by atoms with Crippen LogP contribution in [0.4, 0.5) is 10.2 Å². The van der Waals surface area contributed by atoms with E-state index in [1.165, 1.54) is 6.92 Å². The number of hydrogen-bond donors (Lipinski definition) is 4. The van der Waals surface area contributed by atoms with Crippen molar-refractivity contribution in [2.75, 3.05) is 5.73 Å². The molecular weight excluding hydrogens is 319 g/mol. The van der Waals surface area contributed by atoms with Gasteiger partial charge in [-0.2, -0.15) is 4.98 Å². The van der Waals surface area contributed by atoms with Gasteiger partial charge in [-0.1, -0.05) is 5.92 Å². The van der Waals surface area contributed by atoms with Crippen LogP contribution in [0.1, 0.15) is 13.2 Å². The summed E-state index contributed by atoms with van der Waals surface area (Å²) in [5, 5.41) is 21.9. The summed E-state index contributed by atoms with van der Waals surface area (Å²) in [6.45, 7) is 1.36. The fourth-order valence-corrected chi connectivity index (χ4v) is 2.43. The van der Waals surface area contributed by atoms with Crippen LogP contribution in [-0.2, 0) is 4.74 Å². The lowest BCUT2D eigenvalue weighted by molar-refractivity contribution is -0.0780. The van der Waals surface area contributed by atoms with E-state index in [1.807, 2.05) is 5.38 Å². The first-order valence-electron chi connectivity index (χ1n) is 6.19. The number of ether oxygens (including phenoxy) is 1. The highest BCUT2D eigenvalue weighted by molar-refractivity contribution is 6.30. The Hall–Kier alpha value is -1.70. The molecule has 1 aromatic heterocycles. The van der Waals surface area contributed by atoms with Gasteiger partial charge in [0.2, 0.25) is 0 Å². The van der Waals surface area contributed by atoms with Crippen molar-refractivity contribution in [2.24, 2.45) is 5.73 Å². The predicted molar refractivity (Wildman–Crippen MR) is 75.0 cm³/mol. The summed E-state index contributed by atoms with van der Waals surface area (Å²) in [6, 6.07) is 0. The van der Waals surface area contributed by atoms with Gasteiger partial charge in [0.25, 0.3) is 0 Å². The van der Waals surface area contributed by atoms with Crippen LogP contribution in [-0.4, -0.2) is 43.6 Å². The van der Waals surface area contributed by atoms with Gasteiger partial charge in [-0.3, -0.25) is 4.57 Å². The first-order valence-corrected chi connectivity index (χ1v) is 6.57. The van der Waals surface area contributed by atoms with E-state index in [2.05, 4.69) is 10.9 Å². The highest BCUT2D eigenvalue weighted by Gasteiger charge is 2.56. The normalized spacial score (nSPS) is 32.4. The van der Waals surface area contributed by atoms with Crippen molar-refractivity contribution in [3.05, 3.63) is 22.5 Å². The van der Waals surface area contributed by atoms with Crippen LogP contribution in [0, 0.1) is 17.1 Å². The summed E-state index contributed by atoms with van der Waals surface area (Å²) >= 11 is 5.35. The van der Waals surface area contributed by atoms with Crippen LogP contribution in [0.5, 0.6) is 0 Å². The van der Waals surface area contributed by atoms with Gasteiger partial charge >= 0.3 is 5.69 Å². The predicted octanol–water partition coefficient (Wildman–Crippen LogP) is -1.50. The van der Waals surface area contributed by atoms with Gasteiger partial charge in [-0.25, -0.2) is 9.18 Å². The van der Waals surface area contributed by atoms with Gasteiger partial charge in [0.15, 0.2) is 23.4 Å². The molecule has 0 saturated carbocycles. The SMILES string of the molecule is C[C@@H](O)[C@H]1O[C@@H](n2cc(F)c(N)nc2=O)[C@@](N)(C#CCl)C1O. The zero-order chi connectivity index (χ0) is 16.7. The van der Waals surface area contributed by atoms with Crippen molar-refractivity contribution in [3.8, 4) is 11.3 Å². The third kappa shape index (κ3) is 2.55. The smallest absolute Gasteiger partial charge is 0.351 e. The third-order valence-electron chi connectivity index (χ3n) is 3.42. The molecule has 0 radical (unpaired) electrons. The number of nitrogen functional groups attached to an aromatic ring is 1. The van der Waals surface area contributed by atoms with Crippen LogP contribution >= 0.6 is 11.6 Å². The fraction of sp³-hybridized carbons (Fsp3) is 0.500. The number of nitrogens with zero attached hydrogens (tertiary/aromatic N) is 2. The lowest BCUT2D eigenvalue weighted by Gasteiger charge is -2.27. The number of hydrogen-bond acceptors (Lipinski definition) is 7. The molecule has 1 aromatic rings. The molecule has 0 bridgehead atoms. The quantitative estimate of drug-likeness (QED) is 0.484. The number of aromatic nitrogens is 2. The molecule has 22 heavy (non-hydrogen) atoms. The zero-order valence-corrected chi connectivity index (χ0v) is 12.2. The highest BCUT2D eigenvalue weighted by Crippen LogP contribution is 2.37. The van der Waals surface area contributed by atoms with E-state index in [4.69, 9.17) is 27.8 Å². The first kappa shape index (κ1) is 16.7. The molecule has 0 aromatic carbocycles. The summed E-state index contributed by atoms with van der Waals surface area (Å²) in [4.78, 5) is 15.2. The van der Waals surface area contributed by atoms with E-state index >= 15 is 0 Å². The molecule has 1 fully saturated rings. The van der Waals surface area contributed by atoms with Crippen molar-refractivity contribution >= 4 is 17.4 Å². The Kier molecular flexibility index (Phi) is 4.42. The Labute approximate surface area is 129 Å². The molecule has 2 heterocycles. The van der Waals surface area contributed by atoms with Crippen molar-refractivity contribution in [1.82, 2.24) is 9.55 Å². The van der Waals surface area contributed by atoms with E-state index in [9.17, 15) is 19.4 Å². The Morgan fingerprint density at radius 3 is 2.86 bits per heavy atom. The van der Waals surface area contributed by atoms with Crippen LogP contribution in [0.2, 0.25) is 0 Å². The van der Waals surface area contributed by atoms with Gasteiger partial charge in [-0.15, -0.1) is 0 Å². The van der Waals surface area contributed by atoms with E-state index in [-0.39, 0.29) is 0 Å². The number of aliphatic hydroxyl groups excluding tert-OH is 2. The van der Waals surface area contributed by atoms with Crippen molar-refractivity contribution in [2.45, 2.75) is 37.0 Å². The van der Waals surface area contributed by atoms with Gasteiger partial charge in [0.1, 0.15) is 12.2 Å². The summed E-state index contributed by atoms with van der Waals surface area (Å²) < 4.78 is 19.7. The lowest BCUT2D eigenvalue weighted by atomic mass is 9.90. The number of aliphatic hydroxyl groups is 2. The number of anilines is 1. The number of halogens is 2. The summed E-state index contributed by atoms with van der Waals surface area (Å²) in [5.41, 5.74) is 8.40. The maximum absolute atomic E-state index is 13.6. The molecule has 2 rings (SSSR count). The molecule has 120 valence electrons. The van der Waals surface area contributed by atoms with E-state index < -0.39 is 47.4 Å². The molecule has 0 aliphatic carbocycles. The van der Waals surface area contributed by atoms with E-state index in [0.717, 1.165) is 6.20 Å². The van der Waals surface area contributed by atoms with Gasteiger partial charge in [0, 0.05) is 5.38 Å². The molecule has 1 saturated heterocycles. The standard InChI is InChI=1S/C12H14ClFN4O4/c1-5(19)7-8(20)12(16,2-3-13)10(22-7)18-4-6(14)9(15)17-11(18)21/h4-5,7-8,10,19-20H,16H2,1H3,(H2,15,17,21)/t5-,7-,8?,10-,12-/m1/s1. The fourth-order valence-electron chi connectivity index (χ4n) is 2.27. The average Bonchev–Trinajstić information content (AvgIpc) is 2.68. The molecule has 5 atom stereocenters. The van der Waals surface area contributed by atoms with Crippen LogP contribution in [0.3, 0.4) is 0 Å². The monoisotopic (exact) mass is 332 g/mol. The summed E-state index contributed by atoms with van der Waals surface area (Å²) in [6.07, 6.45) is -4.42. The van der Waals surface area contributed by atoms with Crippen LogP contribution in [0.25, 0.3) is 0 Å². The lowest BCUT2D eigenvalue weighted by Crippen LogP contribution is -2.55. The molecule has 0 amide bonds. The minimum absolute atomic E-state index is 0.585. The van der Waals surface area contributed by atoms with E-state index in [1.54, 1.807) is 0 Å². The Morgan fingerprint density at radius 2 is 2.32 bits per heavy atom. The molecule has 8 nitrogen and oxygen atoms in total. The summed E-state index contributed by atoms with van der Waals surface area (Å²) in [7, 11) is 0. The topological polar surface area (TPSA) is 137 Å². The number of nitrogens with two attached hydrogens (primary N) is 2. The van der Waals surface area contributed by atoms with E-state index in [0.29, 0.717) is 4.57 Å². The molecule has 10 heteroatoms. The highest BCUT2D eigenvalue weighted by atomic mass is 35.5. The summed E-state index contributed by atoms with van der Waals surface area (Å²) in [5.74, 6) is 0.773. The number of rotatable bonds is 2. The molecule has 6 N–H and O–H groups in total. The van der Waals surface area contributed by atoms with Crippen molar-refractivity contribution < 1.29 is 19.3 Å². The second-order valence-corrected chi connectivity index (χ2v) is 5.14. The van der Waals surface area contributed by atoms with Crippen LogP contribution in [0.15, 0.2) is 11.0 Å². The van der Waals surface area contributed by atoms with Crippen molar-refractivity contribution in [3.63, 3.8) is 0 Å². The third-order valence-corrected chi connectivity index (χ3v) is 3.52. The Bertz CT molecular complexity index is 701. The van der Waals surface area contributed by atoms with Crippen LogP contribution < -0.4 is 17.2 Å². The molecule has 0 spiro atoms. The molecule has 1 aliphatic rings. The zero-order valence-electron chi connectivity index (χ0n) is 11.4. The maximum Gasteiger partial charge on any atom is 0.351 e. The second kappa shape index (κ2) is 5.83. The maximum atomic E-state index is 13.6. The minimum Gasteiger partial charge on any atom is -0.391 e. The largest absolute Gasteiger partial charge is 0.391 e. The first-order chi connectivity index (χ1) is 10.2. The average molecular weight is 333 g/mol. The van der Waals surface area contributed by atoms with Gasteiger partial charge < -0.3 is 26.4 Å². The Balaban J connectivity index is 2.59. The minimum atomic E-state index is -1.85. The van der Waals surface area contributed by atoms with Gasteiger partial charge in [0.05, 0.1) is 12.3 Å². The van der Waals surface area contributed by atoms with Gasteiger partial charge in [-0.05, 0) is 18.5 Å². The Morgan fingerprint density at radius 1 is 1.68 bits per heavy atom.